The van der Waals surface area contributed by atoms with Crippen LogP contribution in [-0.2, 0) is 0 Å². The summed E-state index contributed by atoms with van der Waals surface area (Å²) in [6.07, 6.45) is 17.6. The molecule has 0 radical (unpaired) electrons. The van der Waals surface area contributed by atoms with Crippen molar-refractivity contribution in [1.29, 1.82) is 0 Å². The zero-order valence-electron chi connectivity index (χ0n) is 9.10. The highest BCUT2D eigenvalue weighted by Gasteiger charge is 2.10. The predicted molar refractivity (Wildman–Crippen MR) is 59.9 cm³/mol. The minimum absolute atomic E-state index is 0.936. The molecule has 0 unspecified atom stereocenters. The zero-order valence-corrected chi connectivity index (χ0v) is 9.10. The van der Waals surface area contributed by atoms with E-state index in [1.54, 1.807) is 0 Å². The van der Waals surface area contributed by atoms with E-state index in [1.807, 2.05) is 0 Å². The molecule has 0 nitrogen and oxygen atoms in total. The Balaban J connectivity index is 1.91. The maximum absolute atomic E-state index is 2.47. The van der Waals surface area contributed by atoms with Gasteiger partial charge in [-0.25, -0.2) is 0 Å². The summed E-state index contributed by atoms with van der Waals surface area (Å²) in [5.74, 6) is 0.936. The van der Waals surface area contributed by atoms with Crippen molar-refractivity contribution in [2.24, 2.45) is 5.92 Å². The second kappa shape index (κ2) is 7.17. The molecule has 13 heavy (non-hydrogen) atoms. The lowest BCUT2D eigenvalue weighted by Crippen LogP contribution is -1.85. The average molecular weight is 180 g/mol. The van der Waals surface area contributed by atoms with Gasteiger partial charge in [0.2, 0.25) is 0 Å². The van der Waals surface area contributed by atoms with Crippen molar-refractivity contribution >= 4 is 0 Å². The highest BCUT2D eigenvalue weighted by molar-refractivity contribution is 4.90. The summed E-state index contributed by atoms with van der Waals surface area (Å²) in [5.41, 5.74) is 0. The maximum atomic E-state index is 2.47. The lowest BCUT2D eigenvalue weighted by molar-refractivity contribution is 0.660. The van der Waals surface area contributed by atoms with Crippen LogP contribution in [0.3, 0.4) is 0 Å². The molecule has 0 aromatic heterocycles. The first-order valence-corrected chi connectivity index (χ1v) is 6.10. The molecule has 0 aliphatic heterocycles. The Morgan fingerprint density at radius 1 is 1.08 bits per heavy atom. The fourth-order valence-corrected chi connectivity index (χ4v) is 2.13. The van der Waals surface area contributed by atoms with Crippen LogP contribution in [0.4, 0.5) is 0 Å². The van der Waals surface area contributed by atoms with Gasteiger partial charge in [0.25, 0.3) is 0 Å². The highest BCUT2D eigenvalue weighted by Crippen LogP contribution is 2.25. The summed E-state index contributed by atoms with van der Waals surface area (Å²) in [5, 5.41) is 0. The van der Waals surface area contributed by atoms with E-state index in [1.165, 1.54) is 57.8 Å². The zero-order chi connectivity index (χ0) is 9.36. The van der Waals surface area contributed by atoms with Gasteiger partial charge in [-0.2, -0.15) is 0 Å². The first kappa shape index (κ1) is 10.8. The highest BCUT2D eigenvalue weighted by atomic mass is 14.2. The molecule has 1 rings (SSSR count). The van der Waals surface area contributed by atoms with Crippen LogP contribution >= 0.6 is 0 Å². The van der Waals surface area contributed by atoms with Crippen LogP contribution in [0.2, 0.25) is 0 Å². The number of allylic oxidation sites excluding steroid dienone is 2. The Bertz CT molecular complexity index is 129. The quantitative estimate of drug-likeness (QED) is 0.410. The molecular formula is C13H24. The Morgan fingerprint density at radius 3 is 2.54 bits per heavy atom. The van der Waals surface area contributed by atoms with Crippen LogP contribution in [0.1, 0.15) is 64.7 Å². The van der Waals surface area contributed by atoms with Gasteiger partial charge in [0.05, 0.1) is 0 Å². The lowest BCUT2D eigenvalue weighted by atomic mass is 10.1. The van der Waals surface area contributed by atoms with Crippen LogP contribution in [0.15, 0.2) is 12.2 Å². The van der Waals surface area contributed by atoms with Crippen LogP contribution in [0.25, 0.3) is 0 Å². The van der Waals surface area contributed by atoms with Crippen molar-refractivity contribution in [3.8, 4) is 0 Å². The minimum Gasteiger partial charge on any atom is -0.0883 e. The largest absolute Gasteiger partial charge is 0.0883 e. The van der Waals surface area contributed by atoms with Gasteiger partial charge in [0.1, 0.15) is 0 Å². The van der Waals surface area contributed by atoms with E-state index >= 15 is 0 Å². The average Bonchev–Trinajstić information content (AvgIpc) is 2.63. The van der Waals surface area contributed by atoms with E-state index in [0.29, 0.717) is 0 Å². The Labute approximate surface area is 83.4 Å². The second-order valence-electron chi connectivity index (χ2n) is 4.32. The van der Waals surface area contributed by atoms with Crippen molar-refractivity contribution < 1.29 is 0 Å². The molecule has 0 N–H and O–H groups in total. The van der Waals surface area contributed by atoms with E-state index in [2.05, 4.69) is 19.1 Å². The summed E-state index contributed by atoms with van der Waals surface area (Å²) >= 11 is 0. The normalized spacial score (nSPS) is 18.8. The second-order valence-corrected chi connectivity index (χ2v) is 4.32. The fraction of sp³-hybridized carbons (Fsp3) is 0.846. The molecule has 0 saturated heterocycles. The summed E-state index contributed by atoms with van der Waals surface area (Å²) in [4.78, 5) is 0. The van der Waals surface area contributed by atoms with E-state index < -0.39 is 0 Å². The maximum Gasteiger partial charge on any atom is -0.0234 e. The number of hydrogen-bond donors (Lipinski definition) is 0. The summed E-state index contributed by atoms with van der Waals surface area (Å²) in [6.45, 7) is 2.27. The SMILES string of the molecule is CCCCCC/C=C\C1CCCC1. The van der Waals surface area contributed by atoms with Crippen LogP contribution in [0.5, 0.6) is 0 Å². The van der Waals surface area contributed by atoms with Crippen molar-refractivity contribution in [2.45, 2.75) is 64.7 Å². The van der Waals surface area contributed by atoms with Gasteiger partial charge < -0.3 is 0 Å². The molecule has 1 fully saturated rings. The van der Waals surface area contributed by atoms with Gasteiger partial charge in [-0.05, 0) is 31.6 Å². The molecule has 1 aliphatic carbocycles. The first-order chi connectivity index (χ1) is 6.43. The Morgan fingerprint density at radius 2 is 1.85 bits per heavy atom. The minimum atomic E-state index is 0.936. The van der Waals surface area contributed by atoms with Crippen LogP contribution < -0.4 is 0 Å². The van der Waals surface area contributed by atoms with Crippen molar-refractivity contribution in [3.63, 3.8) is 0 Å². The van der Waals surface area contributed by atoms with E-state index in [0.717, 1.165) is 5.92 Å². The van der Waals surface area contributed by atoms with Gasteiger partial charge in [0, 0.05) is 0 Å². The standard InChI is InChI=1S/C13H24/c1-2-3-4-5-6-7-10-13-11-8-9-12-13/h7,10,13H,2-6,8-9,11-12H2,1H3/b10-7-. The van der Waals surface area contributed by atoms with Gasteiger partial charge in [-0.3, -0.25) is 0 Å². The molecule has 0 heteroatoms. The molecule has 0 amide bonds. The molecule has 1 aliphatic rings. The molecule has 0 aromatic rings. The topological polar surface area (TPSA) is 0 Å². The van der Waals surface area contributed by atoms with Crippen LogP contribution in [0, 0.1) is 5.92 Å². The molecular weight excluding hydrogens is 156 g/mol. The Kier molecular flexibility index (Phi) is 5.97. The van der Waals surface area contributed by atoms with Gasteiger partial charge >= 0.3 is 0 Å². The van der Waals surface area contributed by atoms with Gasteiger partial charge in [-0.1, -0.05) is 51.2 Å². The molecule has 0 atom stereocenters. The van der Waals surface area contributed by atoms with E-state index in [9.17, 15) is 0 Å². The molecule has 0 bridgehead atoms. The lowest BCUT2D eigenvalue weighted by Gasteiger charge is -1.99. The molecule has 76 valence electrons. The van der Waals surface area contributed by atoms with Crippen LogP contribution in [-0.4, -0.2) is 0 Å². The van der Waals surface area contributed by atoms with Gasteiger partial charge in [-0.15, -0.1) is 0 Å². The third-order valence-corrected chi connectivity index (χ3v) is 3.03. The smallest absolute Gasteiger partial charge is 0.0234 e. The number of hydrogen-bond acceptors (Lipinski definition) is 0. The summed E-state index contributed by atoms with van der Waals surface area (Å²) < 4.78 is 0. The third-order valence-electron chi connectivity index (χ3n) is 3.03. The van der Waals surface area contributed by atoms with Crippen molar-refractivity contribution in [2.75, 3.05) is 0 Å². The molecule has 0 aromatic carbocycles. The van der Waals surface area contributed by atoms with Crippen molar-refractivity contribution in [3.05, 3.63) is 12.2 Å². The third kappa shape index (κ3) is 5.13. The summed E-state index contributed by atoms with van der Waals surface area (Å²) in [6, 6.07) is 0. The van der Waals surface area contributed by atoms with E-state index in [-0.39, 0.29) is 0 Å². The summed E-state index contributed by atoms with van der Waals surface area (Å²) in [7, 11) is 0. The van der Waals surface area contributed by atoms with E-state index in [4.69, 9.17) is 0 Å². The van der Waals surface area contributed by atoms with Crippen molar-refractivity contribution in [1.82, 2.24) is 0 Å². The number of rotatable bonds is 6. The Hall–Kier alpha value is -0.260. The first-order valence-electron chi connectivity index (χ1n) is 6.10. The molecule has 1 saturated carbocycles. The fourth-order valence-electron chi connectivity index (χ4n) is 2.13. The predicted octanol–water partition coefficient (Wildman–Crippen LogP) is 4.70. The molecule has 0 spiro atoms. The van der Waals surface area contributed by atoms with Gasteiger partial charge in [0.15, 0.2) is 0 Å². The number of unbranched alkanes of at least 4 members (excludes halogenated alkanes) is 4. The molecule has 0 heterocycles. The monoisotopic (exact) mass is 180 g/mol.